The molecule has 0 saturated heterocycles. The van der Waals surface area contributed by atoms with Gasteiger partial charge in [-0.3, -0.25) is 4.98 Å². The highest BCUT2D eigenvalue weighted by atomic mass is 35.5. The quantitative estimate of drug-likeness (QED) is 0.911. The molecular formula is C15H15ClN2O. The minimum atomic E-state index is 0.341. The van der Waals surface area contributed by atoms with Gasteiger partial charge in [-0.1, -0.05) is 17.7 Å². The zero-order chi connectivity index (χ0) is 13.2. The lowest BCUT2D eigenvalue weighted by atomic mass is 9.94. The predicted molar refractivity (Wildman–Crippen MR) is 76.1 cm³/mol. The third-order valence-electron chi connectivity index (χ3n) is 3.37. The number of hydrogen-bond acceptors (Lipinski definition) is 3. The van der Waals surface area contributed by atoms with Crippen molar-refractivity contribution in [2.24, 2.45) is 0 Å². The van der Waals surface area contributed by atoms with Crippen LogP contribution in [0, 0.1) is 0 Å². The minimum absolute atomic E-state index is 0.341. The number of nitrogens with one attached hydrogen (secondary N) is 1. The Morgan fingerprint density at radius 1 is 1.37 bits per heavy atom. The first-order valence-corrected chi connectivity index (χ1v) is 6.71. The molecule has 1 N–H and O–H groups in total. The number of pyridine rings is 1. The van der Waals surface area contributed by atoms with Crippen LogP contribution in [0.2, 0.25) is 5.02 Å². The molecule has 1 atom stereocenters. The summed E-state index contributed by atoms with van der Waals surface area (Å²) in [4.78, 5) is 4.43. The van der Waals surface area contributed by atoms with Crippen molar-refractivity contribution < 1.29 is 4.74 Å². The molecule has 0 bridgehead atoms. The van der Waals surface area contributed by atoms with Gasteiger partial charge in [-0.15, -0.1) is 0 Å². The van der Waals surface area contributed by atoms with Crippen LogP contribution in [0.5, 0.6) is 11.5 Å². The summed E-state index contributed by atoms with van der Waals surface area (Å²) in [6, 6.07) is 9.68. The number of nitrogens with zero attached hydrogens (tertiary/aromatic N) is 1. The van der Waals surface area contributed by atoms with E-state index in [9.17, 15) is 0 Å². The standard InChI is InChI=1S/C15H15ClN2O/c1-17-9-10-7-13-14(3-2-6-18-13)19-15-8-11(16)4-5-12(10)15/h2-6,8,10,17H,7,9H2,1H3/t10-/m1/s1. The Morgan fingerprint density at radius 2 is 2.26 bits per heavy atom. The third-order valence-corrected chi connectivity index (χ3v) is 3.61. The number of ether oxygens (including phenoxy) is 1. The molecular weight excluding hydrogens is 260 g/mol. The summed E-state index contributed by atoms with van der Waals surface area (Å²) < 4.78 is 5.99. The van der Waals surface area contributed by atoms with Crippen molar-refractivity contribution in [1.82, 2.24) is 10.3 Å². The molecule has 98 valence electrons. The Hall–Kier alpha value is -1.58. The minimum Gasteiger partial charge on any atom is -0.455 e. The van der Waals surface area contributed by atoms with E-state index in [4.69, 9.17) is 16.3 Å². The summed E-state index contributed by atoms with van der Waals surface area (Å²) in [7, 11) is 1.96. The van der Waals surface area contributed by atoms with Crippen LogP contribution >= 0.6 is 11.6 Å². The van der Waals surface area contributed by atoms with Crippen molar-refractivity contribution in [3.05, 3.63) is 52.8 Å². The predicted octanol–water partition coefficient (Wildman–Crippen LogP) is 3.39. The summed E-state index contributed by atoms with van der Waals surface area (Å²) in [6.07, 6.45) is 2.67. The van der Waals surface area contributed by atoms with E-state index in [-0.39, 0.29) is 0 Å². The van der Waals surface area contributed by atoms with Crippen LogP contribution in [-0.2, 0) is 6.42 Å². The highest BCUT2D eigenvalue weighted by Crippen LogP contribution is 2.39. The van der Waals surface area contributed by atoms with Crippen LogP contribution in [0.25, 0.3) is 0 Å². The zero-order valence-electron chi connectivity index (χ0n) is 10.7. The molecule has 1 aromatic carbocycles. The topological polar surface area (TPSA) is 34.2 Å². The van der Waals surface area contributed by atoms with E-state index in [0.717, 1.165) is 30.2 Å². The molecule has 0 unspecified atom stereocenters. The van der Waals surface area contributed by atoms with Gasteiger partial charge in [0.1, 0.15) is 11.5 Å². The fourth-order valence-electron chi connectivity index (χ4n) is 2.49. The molecule has 0 spiro atoms. The van der Waals surface area contributed by atoms with Crippen molar-refractivity contribution in [1.29, 1.82) is 0 Å². The first-order chi connectivity index (χ1) is 9.28. The summed E-state index contributed by atoms with van der Waals surface area (Å²) in [5.74, 6) is 2.00. The molecule has 0 saturated carbocycles. The maximum atomic E-state index is 6.07. The molecule has 2 aromatic rings. The smallest absolute Gasteiger partial charge is 0.148 e. The largest absolute Gasteiger partial charge is 0.455 e. The molecule has 4 heteroatoms. The Morgan fingerprint density at radius 3 is 3.11 bits per heavy atom. The average molecular weight is 275 g/mol. The maximum absolute atomic E-state index is 6.07. The molecule has 3 nitrogen and oxygen atoms in total. The van der Waals surface area contributed by atoms with Gasteiger partial charge in [0.05, 0.1) is 5.69 Å². The van der Waals surface area contributed by atoms with Gasteiger partial charge in [-0.05, 0) is 36.9 Å². The van der Waals surface area contributed by atoms with Crippen molar-refractivity contribution >= 4 is 11.6 Å². The summed E-state index contributed by atoms with van der Waals surface area (Å²) in [5, 5.41) is 3.92. The van der Waals surface area contributed by atoms with E-state index in [0.29, 0.717) is 10.9 Å². The second kappa shape index (κ2) is 5.19. The van der Waals surface area contributed by atoms with Gasteiger partial charge in [-0.25, -0.2) is 0 Å². The van der Waals surface area contributed by atoms with Gasteiger partial charge >= 0.3 is 0 Å². The average Bonchev–Trinajstić information content (AvgIpc) is 2.55. The van der Waals surface area contributed by atoms with Crippen LogP contribution in [-0.4, -0.2) is 18.6 Å². The molecule has 19 heavy (non-hydrogen) atoms. The molecule has 0 fully saturated rings. The lowest BCUT2D eigenvalue weighted by Crippen LogP contribution is -2.19. The van der Waals surface area contributed by atoms with Crippen LogP contribution in [0.3, 0.4) is 0 Å². The van der Waals surface area contributed by atoms with Gasteiger partial charge in [0.2, 0.25) is 0 Å². The number of hydrogen-bond donors (Lipinski definition) is 1. The Kier molecular flexibility index (Phi) is 3.40. The van der Waals surface area contributed by atoms with Crippen LogP contribution in [0.1, 0.15) is 17.2 Å². The molecule has 1 aliphatic heterocycles. The molecule has 0 amide bonds. The third kappa shape index (κ3) is 2.44. The zero-order valence-corrected chi connectivity index (χ0v) is 11.4. The van der Waals surface area contributed by atoms with Crippen molar-refractivity contribution in [3.8, 4) is 11.5 Å². The van der Waals surface area contributed by atoms with Crippen LogP contribution in [0.4, 0.5) is 0 Å². The van der Waals surface area contributed by atoms with E-state index < -0.39 is 0 Å². The lowest BCUT2D eigenvalue weighted by molar-refractivity contribution is 0.475. The van der Waals surface area contributed by atoms with Gasteiger partial charge in [0.25, 0.3) is 0 Å². The molecule has 2 heterocycles. The SMILES string of the molecule is CNC[C@H]1Cc2ncccc2Oc2cc(Cl)ccc21. The van der Waals surface area contributed by atoms with Crippen LogP contribution < -0.4 is 10.1 Å². The molecule has 0 radical (unpaired) electrons. The molecule has 1 aliphatic rings. The normalized spacial score (nSPS) is 17.1. The maximum Gasteiger partial charge on any atom is 0.148 e. The van der Waals surface area contributed by atoms with Crippen molar-refractivity contribution in [3.63, 3.8) is 0 Å². The number of fused-ring (bicyclic) bond motifs is 2. The van der Waals surface area contributed by atoms with E-state index in [1.165, 1.54) is 5.56 Å². The van der Waals surface area contributed by atoms with E-state index >= 15 is 0 Å². The monoisotopic (exact) mass is 274 g/mol. The number of aromatic nitrogens is 1. The van der Waals surface area contributed by atoms with Crippen molar-refractivity contribution in [2.45, 2.75) is 12.3 Å². The highest BCUT2D eigenvalue weighted by molar-refractivity contribution is 6.30. The Labute approximate surface area is 117 Å². The van der Waals surface area contributed by atoms with Gasteiger partial charge in [-0.2, -0.15) is 0 Å². The van der Waals surface area contributed by atoms with E-state index in [2.05, 4.69) is 10.3 Å². The number of likely N-dealkylation sites (N-methyl/N-ethyl adjacent to an activating group) is 1. The number of halogens is 1. The molecule has 1 aromatic heterocycles. The summed E-state index contributed by atoms with van der Waals surface area (Å²) >= 11 is 6.07. The highest BCUT2D eigenvalue weighted by Gasteiger charge is 2.23. The lowest BCUT2D eigenvalue weighted by Gasteiger charge is -2.16. The molecule has 0 aliphatic carbocycles. The fraction of sp³-hybridized carbons (Fsp3) is 0.267. The van der Waals surface area contributed by atoms with Gasteiger partial charge in [0, 0.05) is 30.1 Å². The second-order valence-corrected chi connectivity index (χ2v) is 5.13. The fourth-order valence-corrected chi connectivity index (χ4v) is 2.66. The summed E-state index contributed by atoms with van der Waals surface area (Å²) in [6.45, 7) is 0.883. The van der Waals surface area contributed by atoms with Gasteiger partial charge in [0.15, 0.2) is 0 Å². The van der Waals surface area contributed by atoms with Gasteiger partial charge < -0.3 is 10.1 Å². The van der Waals surface area contributed by atoms with E-state index in [1.807, 2.05) is 43.6 Å². The molecule has 3 rings (SSSR count). The van der Waals surface area contributed by atoms with Crippen molar-refractivity contribution in [2.75, 3.05) is 13.6 Å². The first-order valence-electron chi connectivity index (χ1n) is 6.33. The van der Waals surface area contributed by atoms with E-state index in [1.54, 1.807) is 0 Å². The Bertz CT molecular complexity index is 600. The Balaban J connectivity index is 2.10. The number of benzene rings is 1. The number of rotatable bonds is 2. The first kappa shape index (κ1) is 12.5. The van der Waals surface area contributed by atoms with Crippen LogP contribution in [0.15, 0.2) is 36.5 Å². The second-order valence-electron chi connectivity index (χ2n) is 4.69. The summed E-state index contributed by atoms with van der Waals surface area (Å²) in [5.41, 5.74) is 2.17.